The van der Waals surface area contributed by atoms with E-state index < -0.39 is 17.4 Å². The van der Waals surface area contributed by atoms with E-state index >= 15 is 0 Å². The fraction of sp³-hybridized carbons (Fsp3) is 0.941. The smallest absolute Gasteiger partial charge is 0.550 e. The largest absolute Gasteiger partial charge is 2.00 e. The number of unbranched alkanes of at least 4 members (excludes halogenated alkanes) is 23. The molecule has 0 aromatic rings. The fourth-order valence-electron chi connectivity index (χ4n) is 4.80. The van der Waals surface area contributed by atoms with Gasteiger partial charge in [-0.2, -0.15) is 0 Å². The van der Waals surface area contributed by atoms with Gasteiger partial charge in [0.25, 0.3) is 0 Å². The molecule has 0 unspecified atom stereocenters. The predicted molar refractivity (Wildman–Crippen MR) is 166 cm³/mol. The summed E-state index contributed by atoms with van der Waals surface area (Å²) in [6.45, 7) is 8.03. The average Bonchev–Trinajstić information content (AvgIpc) is 2.87. The van der Waals surface area contributed by atoms with E-state index in [1.807, 2.05) is 0 Å². The van der Waals surface area contributed by atoms with E-state index in [0.717, 1.165) is 32.1 Å². The molecule has 0 N–H and O–H groups in total. The first-order valence-corrected chi connectivity index (χ1v) is 16.7. The molecule has 0 aliphatic rings. The van der Waals surface area contributed by atoms with Crippen molar-refractivity contribution in [2.75, 3.05) is 0 Å². The molecule has 0 saturated carbocycles. The summed E-state index contributed by atoms with van der Waals surface area (Å²) in [6.07, 6.45) is 33.5. The van der Waals surface area contributed by atoms with Crippen molar-refractivity contribution >= 4 is 49.7 Å². The van der Waals surface area contributed by atoms with Crippen LogP contribution in [0.5, 0.6) is 0 Å². The van der Waals surface area contributed by atoms with Crippen molar-refractivity contribution in [3.05, 3.63) is 0 Å². The Balaban J connectivity index is -0.000000651. The van der Waals surface area contributed by atoms with Crippen LogP contribution in [0.1, 0.15) is 201 Å². The Labute approximate surface area is 274 Å². The molecule has 0 aliphatic carbocycles. The summed E-state index contributed by atoms with van der Waals surface area (Å²) in [5.74, 6) is -1.82. The number of carboxylic acid groups (broad SMARTS) is 2. The minimum atomic E-state index is -0.918. The molecule has 0 radical (unpaired) electrons. The van der Waals surface area contributed by atoms with Gasteiger partial charge in [0.2, 0.25) is 0 Å². The van der Waals surface area contributed by atoms with Crippen LogP contribution in [0.2, 0.25) is 0 Å². The van der Waals surface area contributed by atoms with E-state index in [9.17, 15) is 19.8 Å². The van der Waals surface area contributed by atoms with Crippen LogP contribution in [0.15, 0.2) is 0 Å². The van der Waals surface area contributed by atoms with Crippen molar-refractivity contribution in [2.45, 2.75) is 201 Å². The third kappa shape index (κ3) is 38.2. The Bertz CT molecular complexity index is 507. The maximum atomic E-state index is 10.8. The molecule has 0 amide bonds. The van der Waals surface area contributed by atoms with Crippen molar-refractivity contribution < 1.29 is 19.8 Å². The van der Waals surface area contributed by atoms with Crippen LogP contribution in [0.25, 0.3) is 0 Å². The van der Waals surface area contributed by atoms with Gasteiger partial charge < -0.3 is 19.8 Å². The standard InChI is InChI=1S/C18H36O2.C16H32O2.Ca/c1-2-3-4-5-6-7-8-9-10-11-12-13-14-15-16-17-18(19)20;1-4-5-6-7-8-9-10-11-12-13-14-16(2,3)15(17)18;/h2-17H2,1H3,(H,19,20);4-14H2,1-3H3,(H,17,18);/q;;+2/p-2. The zero-order valence-electron chi connectivity index (χ0n) is 26.9. The number of carbonyl (C=O) groups excluding carboxylic acids is 2. The van der Waals surface area contributed by atoms with Crippen molar-refractivity contribution in [1.82, 2.24) is 0 Å². The summed E-state index contributed by atoms with van der Waals surface area (Å²) in [5.41, 5.74) is -0.653. The molecule has 0 atom stereocenters. The molecule has 0 aromatic heterocycles. The third-order valence-corrected chi connectivity index (χ3v) is 7.69. The van der Waals surface area contributed by atoms with Gasteiger partial charge >= 0.3 is 37.7 Å². The molecule has 0 spiro atoms. The summed E-state index contributed by atoms with van der Waals surface area (Å²) in [6, 6.07) is 0. The van der Waals surface area contributed by atoms with Crippen LogP contribution in [0.4, 0.5) is 0 Å². The molecular weight excluding hydrogens is 512 g/mol. The predicted octanol–water partition coefficient (Wildman–Crippen LogP) is 8.69. The Hall–Kier alpha value is 0.200. The van der Waals surface area contributed by atoms with E-state index in [-0.39, 0.29) is 44.2 Å². The van der Waals surface area contributed by atoms with Gasteiger partial charge in [-0.05, 0) is 19.3 Å². The number of carbonyl (C=O) groups is 2. The first kappa shape index (κ1) is 43.7. The molecule has 0 aromatic carbocycles. The number of rotatable bonds is 28. The summed E-state index contributed by atoms with van der Waals surface area (Å²) in [7, 11) is 0. The van der Waals surface area contributed by atoms with Crippen LogP contribution in [-0.2, 0) is 9.59 Å². The number of carboxylic acids is 2. The summed E-state index contributed by atoms with van der Waals surface area (Å²) in [5, 5.41) is 21.0. The molecule has 228 valence electrons. The molecule has 0 rings (SSSR count). The van der Waals surface area contributed by atoms with E-state index in [0.29, 0.717) is 0 Å². The summed E-state index contributed by atoms with van der Waals surface area (Å²) >= 11 is 0. The molecule has 0 bridgehead atoms. The average molecular weight is 579 g/mol. The molecule has 39 heavy (non-hydrogen) atoms. The Morgan fingerprint density at radius 2 is 0.718 bits per heavy atom. The van der Waals surface area contributed by atoms with Crippen LogP contribution in [-0.4, -0.2) is 49.7 Å². The number of hydrogen-bond donors (Lipinski definition) is 0. The van der Waals surface area contributed by atoms with Gasteiger partial charge in [0.15, 0.2) is 0 Å². The van der Waals surface area contributed by atoms with Gasteiger partial charge in [-0.3, -0.25) is 0 Å². The van der Waals surface area contributed by atoms with Gasteiger partial charge in [-0.25, -0.2) is 0 Å². The van der Waals surface area contributed by atoms with Crippen LogP contribution >= 0.6 is 0 Å². The maximum Gasteiger partial charge on any atom is 2.00 e. The second kappa shape index (κ2) is 34.4. The van der Waals surface area contributed by atoms with Crippen LogP contribution in [0, 0.1) is 5.41 Å². The topological polar surface area (TPSA) is 80.3 Å². The zero-order chi connectivity index (χ0) is 28.7. The Kier molecular flexibility index (Phi) is 38.5. The van der Waals surface area contributed by atoms with Crippen molar-refractivity contribution in [1.29, 1.82) is 0 Å². The van der Waals surface area contributed by atoms with E-state index in [4.69, 9.17) is 0 Å². The molecule has 0 heterocycles. The minimum absolute atomic E-state index is 0. The first-order chi connectivity index (χ1) is 18.3. The van der Waals surface area contributed by atoms with E-state index in [1.165, 1.54) is 135 Å². The molecule has 0 fully saturated rings. The van der Waals surface area contributed by atoms with Crippen LogP contribution in [0.3, 0.4) is 0 Å². The SMILES string of the molecule is CCCCCCCCCCCCC(C)(C)C(=O)[O-].CCCCCCCCCCCCCCCCCC(=O)[O-].[Ca+2]. The molecule has 0 saturated heterocycles. The molecular formula is C34H66CaO4. The maximum absolute atomic E-state index is 10.8. The molecule has 5 heteroatoms. The quantitative estimate of drug-likeness (QED) is 0.0687. The summed E-state index contributed by atoms with van der Waals surface area (Å²) < 4.78 is 0. The second-order valence-electron chi connectivity index (χ2n) is 12.2. The zero-order valence-corrected chi connectivity index (χ0v) is 29.1. The second-order valence-corrected chi connectivity index (χ2v) is 12.2. The Morgan fingerprint density at radius 1 is 0.462 bits per heavy atom. The van der Waals surface area contributed by atoms with Crippen molar-refractivity contribution in [3.63, 3.8) is 0 Å². The summed E-state index contributed by atoms with van der Waals surface area (Å²) in [4.78, 5) is 21.0. The normalized spacial score (nSPS) is 11.0. The van der Waals surface area contributed by atoms with Gasteiger partial charge in [0.1, 0.15) is 0 Å². The van der Waals surface area contributed by atoms with E-state index in [1.54, 1.807) is 13.8 Å². The van der Waals surface area contributed by atoms with Crippen molar-refractivity contribution in [3.8, 4) is 0 Å². The number of hydrogen-bond acceptors (Lipinski definition) is 4. The van der Waals surface area contributed by atoms with Gasteiger partial charge in [-0.15, -0.1) is 0 Å². The van der Waals surface area contributed by atoms with Gasteiger partial charge in [0, 0.05) is 17.4 Å². The third-order valence-electron chi connectivity index (χ3n) is 7.69. The fourth-order valence-corrected chi connectivity index (χ4v) is 4.80. The first-order valence-electron chi connectivity index (χ1n) is 16.7. The minimum Gasteiger partial charge on any atom is -0.550 e. The van der Waals surface area contributed by atoms with E-state index in [2.05, 4.69) is 13.8 Å². The van der Waals surface area contributed by atoms with Gasteiger partial charge in [0.05, 0.1) is 0 Å². The molecule has 4 nitrogen and oxygen atoms in total. The van der Waals surface area contributed by atoms with Crippen molar-refractivity contribution in [2.24, 2.45) is 5.41 Å². The number of aliphatic carboxylic acids is 2. The van der Waals surface area contributed by atoms with Crippen LogP contribution < -0.4 is 10.2 Å². The Morgan fingerprint density at radius 3 is 0.974 bits per heavy atom. The molecule has 0 aliphatic heterocycles. The monoisotopic (exact) mass is 578 g/mol. The van der Waals surface area contributed by atoms with Gasteiger partial charge in [-0.1, -0.05) is 182 Å².